The van der Waals surface area contributed by atoms with E-state index in [1.807, 2.05) is 0 Å². The van der Waals surface area contributed by atoms with Crippen LogP contribution in [-0.2, 0) is 16.1 Å². The third kappa shape index (κ3) is 4.43. The molecule has 1 aromatic carbocycles. The van der Waals surface area contributed by atoms with Gasteiger partial charge in [-0.3, -0.25) is 19.3 Å². The van der Waals surface area contributed by atoms with Crippen LogP contribution in [0.4, 0.5) is 8.78 Å². The van der Waals surface area contributed by atoms with E-state index in [9.17, 15) is 28.3 Å². The van der Waals surface area contributed by atoms with Crippen molar-refractivity contribution in [1.29, 1.82) is 0 Å². The predicted octanol–water partition coefficient (Wildman–Crippen LogP) is 2.74. The molecule has 3 atom stereocenters. The third-order valence-corrected chi connectivity index (χ3v) is 6.01. The summed E-state index contributed by atoms with van der Waals surface area (Å²) in [5.41, 5.74) is 0.224. The monoisotopic (exact) mass is 491 g/mol. The summed E-state index contributed by atoms with van der Waals surface area (Å²) in [6.45, 7) is 0.835. The SMILES string of the molecule is C[C@@H](NC(=O)[C@@H]1C[C@@H](F)CN1C(=O)Cn1nc(C(=O)O)c2ccncc21)c1cccc(Cl)c1F. The number of rotatable bonds is 6. The van der Waals surface area contributed by atoms with Crippen molar-refractivity contribution in [3.63, 3.8) is 0 Å². The van der Waals surface area contributed by atoms with Gasteiger partial charge in [-0.15, -0.1) is 0 Å². The van der Waals surface area contributed by atoms with E-state index in [0.29, 0.717) is 10.9 Å². The predicted molar refractivity (Wildman–Crippen MR) is 117 cm³/mol. The van der Waals surface area contributed by atoms with Gasteiger partial charge < -0.3 is 15.3 Å². The Hall–Kier alpha value is -3.60. The minimum Gasteiger partial charge on any atom is -0.476 e. The van der Waals surface area contributed by atoms with E-state index >= 15 is 0 Å². The summed E-state index contributed by atoms with van der Waals surface area (Å²) in [5, 5.41) is 16.2. The first kappa shape index (κ1) is 23.6. The number of aromatic carboxylic acids is 1. The molecule has 0 radical (unpaired) electrons. The zero-order valence-electron chi connectivity index (χ0n) is 17.9. The molecule has 34 heavy (non-hydrogen) atoms. The molecule has 2 amide bonds. The summed E-state index contributed by atoms with van der Waals surface area (Å²) in [4.78, 5) is 42.4. The highest BCUT2D eigenvalue weighted by Gasteiger charge is 2.40. The fraction of sp³-hybridized carbons (Fsp3) is 0.318. The highest BCUT2D eigenvalue weighted by molar-refractivity contribution is 6.30. The number of nitrogens with zero attached hydrogens (tertiary/aromatic N) is 4. The number of alkyl halides is 1. The number of carbonyl (C=O) groups is 3. The molecular formula is C22H20ClF2N5O4. The second-order valence-corrected chi connectivity index (χ2v) is 8.38. The fourth-order valence-electron chi connectivity index (χ4n) is 4.07. The number of hydrogen-bond donors (Lipinski definition) is 2. The molecule has 0 bridgehead atoms. The number of pyridine rings is 1. The lowest BCUT2D eigenvalue weighted by Crippen LogP contribution is -2.47. The summed E-state index contributed by atoms with van der Waals surface area (Å²) in [6, 6.07) is 3.96. The van der Waals surface area contributed by atoms with E-state index < -0.39 is 48.4 Å². The van der Waals surface area contributed by atoms with Crippen LogP contribution in [-0.4, -0.2) is 61.3 Å². The van der Waals surface area contributed by atoms with Crippen molar-refractivity contribution in [3.05, 3.63) is 58.8 Å². The number of halogens is 3. The molecule has 1 aliphatic heterocycles. The van der Waals surface area contributed by atoms with Gasteiger partial charge >= 0.3 is 5.97 Å². The van der Waals surface area contributed by atoms with Crippen molar-refractivity contribution in [2.75, 3.05) is 6.54 Å². The molecule has 3 heterocycles. The molecule has 2 aromatic heterocycles. The van der Waals surface area contributed by atoms with Crippen LogP contribution in [0.3, 0.4) is 0 Å². The molecule has 0 spiro atoms. The third-order valence-electron chi connectivity index (χ3n) is 5.72. The Morgan fingerprint density at radius 1 is 1.32 bits per heavy atom. The molecule has 4 rings (SSSR count). The molecule has 1 saturated heterocycles. The zero-order valence-corrected chi connectivity index (χ0v) is 18.7. The Labute approximate surface area is 197 Å². The topological polar surface area (TPSA) is 117 Å². The largest absolute Gasteiger partial charge is 0.476 e. The number of benzene rings is 1. The van der Waals surface area contributed by atoms with Crippen molar-refractivity contribution in [2.24, 2.45) is 0 Å². The Kier molecular flexibility index (Phi) is 6.47. The highest BCUT2D eigenvalue weighted by Crippen LogP contribution is 2.26. The van der Waals surface area contributed by atoms with Gasteiger partial charge in [0.05, 0.1) is 29.3 Å². The second kappa shape index (κ2) is 9.34. The molecule has 2 N–H and O–H groups in total. The first-order valence-electron chi connectivity index (χ1n) is 10.4. The number of nitrogens with one attached hydrogen (secondary N) is 1. The van der Waals surface area contributed by atoms with Gasteiger partial charge in [-0.1, -0.05) is 23.7 Å². The lowest BCUT2D eigenvalue weighted by atomic mass is 10.1. The number of carboxylic acids is 1. The normalized spacial score (nSPS) is 18.8. The molecular weight excluding hydrogens is 472 g/mol. The standard InChI is InChI=1S/C22H20ClF2N5O4/c1-11(13-3-2-4-15(23)19(13)25)27-21(32)16-7-12(24)9-29(16)18(31)10-30-17-8-26-6-5-14(17)20(28-30)22(33)34/h2-6,8,11-12,16H,7,9-10H2,1H3,(H,27,32)(H,33,34)/t11-,12-,16+/m1/s1. The van der Waals surface area contributed by atoms with Gasteiger partial charge in [0.1, 0.15) is 24.6 Å². The van der Waals surface area contributed by atoms with Crippen LogP contribution in [0.15, 0.2) is 36.7 Å². The second-order valence-electron chi connectivity index (χ2n) is 7.97. The summed E-state index contributed by atoms with van der Waals surface area (Å²) in [5.74, 6) is -3.20. The van der Waals surface area contributed by atoms with Gasteiger partial charge in [0.2, 0.25) is 11.8 Å². The van der Waals surface area contributed by atoms with E-state index in [-0.39, 0.29) is 29.2 Å². The molecule has 0 unspecified atom stereocenters. The van der Waals surface area contributed by atoms with Gasteiger partial charge in [-0.05, 0) is 19.1 Å². The lowest BCUT2D eigenvalue weighted by molar-refractivity contribution is -0.139. The molecule has 9 nitrogen and oxygen atoms in total. The van der Waals surface area contributed by atoms with Gasteiger partial charge in [0.25, 0.3) is 0 Å². The van der Waals surface area contributed by atoms with E-state index in [0.717, 1.165) is 4.90 Å². The number of likely N-dealkylation sites (tertiary alicyclic amines) is 1. The van der Waals surface area contributed by atoms with Gasteiger partial charge in [-0.25, -0.2) is 13.6 Å². The number of amides is 2. The summed E-state index contributed by atoms with van der Waals surface area (Å²) >= 11 is 5.81. The Balaban J connectivity index is 1.53. The number of carbonyl (C=O) groups excluding carboxylic acids is 2. The summed E-state index contributed by atoms with van der Waals surface area (Å²) in [7, 11) is 0. The maximum Gasteiger partial charge on any atom is 0.357 e. The smallest absolute Gasteiger partial charge is 0.357 e. The van der Waals surface area contributed by atoms with Crippen LogP contribution in [0.5, 0.6) is 0 Å². The first-order chi connectivity index (χ1) is 16.2. The van der Waals surface area contributed by atoms with E-state index in [4.69, 9.17) is 11.6 Å². The van der Waals surface area contributed by atoms with Crippen LogP contribution >= 0.6 is 11.6 Å². The summed E-state index contributed by atoms with van der Waals surface area (Å²) in [6.07, 6.45) is 1.13. The van der Waals surface area contributed by atoms with Gasteiger partial charge in [0, 0.05) is 23.6 Å². The van der Waals surface area contributed by atoms with Gasteiger partial charge in [0.15, 0.2) is 5.69 Å². The molecule has 0 aliphatic carbocycles. The van der Waals surface area contributed by atoms with Crippen LogP contribution in [0.1, 0.15) is 35.4 Å². The lowest BCUT2D eigenvalue weighted by Gasteiger charge is -2.25. The van der Waals surface area contributed by atoms with E-state index in [1.54, 1.807) is 13.0 Å². The zero-order chi connectivity index (χ0) is 24.6. The number of hydrogen-bond acceptors (Lipinski definition) is 5. The van der Waals surface area contributed by atoms with Crippen molar-refractivity contribution >= 4 is 40.3 Å². The maximum atomic E-state index is 14.3. The number of fused-ring (bicyclic) bond motifs is 1. The molecule has 3 aromatic rings. The van der Waals surface area contributed by atoms with Crippen LogP contribution < -0.4 is 5.32 Å². The Morgan fingerprint density at radius 2 is 2.09 bits per heavy atom. The van der Waals surface area contributed by atoms with Crippen LogP contribution in [0.25, 0.3) is 10.9 Å². The highest BCUT2D eigenvalue weighted by atomic mass is 35.5. The number of carboxylic acid groups (broad SMARTS) is 1. The Bertz CT molecular complexity index is 1280. The Morgan fingerprint density at radius 3 is 2.82 bits per heavy atom. The fourth-order valence-corrected chi connectivity index (χ4v) is 4.25. The van der Waals surface area contributed by atoms with Gasteiger partial charge in [-0.2, -0.15) is 5.10 Å². The maximum absolute atomic E-state index is 14.3. The minimum atomic E-state index is -1.43. The van der Waals surface area contributed by atoms with Crippen molar-refractivity contribution < 1.29 is 28.3 Å². The average molecular weight is 492 g/mol. The number of aromatic nitrogens is 3. The van der Waals surface area contributed by atoms with Crippen molar-refractivity contribution in [3.8, 4) is 0 Å². The van der Waals surface area contributed by atoms with Crippen molar-refractivity contribution in [2.45, 2.75) is 38.1 Å². The molecule has 1 aliphatic rings. The quantitative estimate of drug-likeness (QED) is 0.547. The molecule has 178 valence electrons. The first-order valence-corrected chi connectivity index (χ1v) is 10.8. The van der Waals surface area contributed by atoms with Crippen LogP contribution in [0.2, 0.25) is 5.02 Å². The summed E-state index contributed by atoms with van der Waals surface area (Å²) < 4.78 is 29.7. The van der Waals surface area contributed by atoms with E-state index in [2.05, 4.69) is 15.4 Å². The average Bonchev–Trinajstić information content (AvgIpc) is 3.37. The molecule has 1 fully saturated rings. The minimum absolute atomic E-state index is 0.0956. The molecule has 12 heteroatoms. The van der Waals surface area contributed by atoms with Crippen molar-refractivity contribution in [1.82, 2.24) is 25.0 Å². The molecule has 0 saturated carbocycles. The van der Waals surface area contributed by atoms with Crippen LogP contribution in [0, 0.1) is 5.82 Å². The van der Waals surface area contributed by atoms with E-state index in [1.165, 1.54) is 35.3 Å².